The quantitative estimate of drug-likeness (QED) is 0.774. The van der Waals surface area contributed by atoms with Crippen LogP contribution in [0.2, 0.25) is 0 Å². The largest absolute Gasteiger partial charge is 0.464 e. The maximum Gasteiger partial charge on any atom is 0.124 e. The van der Waals surface area contributed by atoms with E-state index in [1.54, 1.807) is 0 Å². The van der Waals surface area contributed by atoms with Crippen molar-refractivity contribution in [3.8, 4) is 0 Å². The van der Waals surface area contributed by atoms with Crippen LogP contribution >= 0.6 is 0 Å². The van der Waals surface area contributed by atoms with Gasteiger partial charge in [-0.05, 0) is 31.4 Å². The highest BCUT2D eigenvalue weighted by Gasteiger charge is 2.43. The van der Waals surface area contributed by atoms with Crippen LogP contribution in [-0.2, 0) is 5.54 Å². The molecule has 1 saturated carbocycles. The Labute approximate surface area is 79.1 Å². The lowest BCUT2D eigenvalue weighted by Crippen LogP contribution is -2.17. The van der Waals surface area contributed by atoms with Crippen molar-refractivity contribution in [2.24, 2.45) is 5.73 Å². The third-order valence-electron chi connectivity index (χ3n) is 3.00. The van der Waals surface area contributed by atoms with Gasteiger partial charge in [-0.1, -0.05) is 13.8 Å². The maximum absolute atomic E-state index is 6.03. The summed E-state index contributed by atoms with van der Waals surface area (Å²) < 4.78 is 5.74. The molecular weight excluding hydrogens is 162 g/mol. The zero-order valence-electron chi connectivity index (χ0n) is 8.34. The van der Waals surface area contributed by atoms with Gasteiger partial charge in [-0.25, -0.2) is 0 Å². The average Bonchev–Trinajstić information content (AvgIpc) is 2.72. The summed E-state index contributed by atoms with van der Waals surface area (Å²) in [5.41, 5.74) is 5.91. The van der Waals surface area contributed by atoms with E-state index in [-0.39, 0.29) is 5.54 Å². The molecule has 0 saturated heterocycles. The van der Waals surface area contributed by atoms with Crippen molar-refractivity contribution in [1.82, 2.24) is 0 Å². The smallest absolute Gasteiger partial charge is 0.124 e. The topological polar surface area (TPSA) is 39.2 Å². The average molecular weight is 179 g/mol. The minimum Gasteiger partial charge on any atom is -0.464 e. The van der Waals surface area contributed by atoms with E-state index in [0.29, 0.717) is 5.92 Å². The van der Waals surface area contributed by atoms with Crippen molar-refractivity contribution >= 4 is 0 Å². The second kappa shape index (κ2) is 2.88. The molecule has 0 aliphatic heterocycles. The highest BCUT2D eigenvalue weighted by molar-refractivity contribution is 5.22. The molecule has 2 N–H and O–H groups in total. The fourth-order valence-electron chi connectivity index (χ4n) is 1.47. The van der Waals surface area contributed by atoms with Crippen LogP contribution in [0, 0.1) is 0 Å². The summed E-state index contributed by atoms with van der Waals surface area (Å²) >= 11 is 0. The zero-order chi connectivity index (χ0) is 9.47. The molecule has 2 rings (SSSR count). The van der Waals surface area contributed by atoms with Crippen molar-refractivity contribution in [2.75, 3.05) is 0 Å². The lowest BCUT2D eigenvalue weighted by molar-refractivity contribution is 0.403. The first kappa shape index (κ1) is 8.82. The number of hydrogen-bond donors (Lipinski definition) is 1. The second-order valence-electron chi connectivity index (χ2n) is 4.17. The lowest BCUT2D eigenvalue weighted by atomic mass is 10.1. The third-order valence-corrected chi connectivity index (χ3v) is 3.00. The fraction of sp³-hybridized carbons (Fsp3) is 0.636. The van der Waals surface area contributed by atoms with E-state index in [1.807, 2.05) is 6.07 Å². The molecule has 1 aliphatic carbocycles. The van der Waals surface area contributed by atoms with Crippen LogP contribution in [0.3, 0.4) is 0 Å². The molecule has 0 aromatic carbocycles. The SMILES string of the molecule is CCC(C)c1ccc(C2(N)CC2)o1. The maximum atomic E-state index is 6.03. The summed E-state index contributed by atoms with van der Waals surface area (Å²) in [6.07, 6.45) is 3.26. The highest BCUT2D eigenvalue weighted by Crippen LogP contribution is 2.43. The molecule has 2 nitrogen and oxygen atoms in total. The summed E-state index contributed by atoms with van der Waals surface area (Å²) in [4.78, 5) is 0. The van der Waals surface area contributed by atoms with Gasteiger partial charge in [0.1, 0.15) is 11.5 Å². The lowest BCUT2D eigenvalue weighted by Gasteiger charge is -2.06. The zero-order valence-corrected chi connectivity index (χ0v) is 8.34. The van der Waals surface area contributed by atoms with Crippen molar-refractivity contribution in [1.29, 1.82) is 0 Å². The van der Waals surface area contributed by atoms with E-state index in [4.69, 9.17) is 10.2 Å². The van der Waals surface area contributed by atoms with E-state index < -0.39 is 0 Å². The van der Waals surface area contributed by atoms with E-state index in [9.17, 15) is 0 Å². The van der Waals surface area contributed by atoms with Crippen LogP contribution in [0.4, 0.5) is 0 Å². The molecule has 1 fully saturated rings. The minimum absolute atomic E-state index is 0.119. The van der Waals surface area contributed by atoms with Gasteiger partial charge < -0.3 is 10.2 Å². The predicted molar refractivity (Wildman–Crippen MR) is 52.5 cm³/mol. The molecule has 1 aromatic rings. The Morgan fingerprint density at radius 1 is 1.54 bits per heavy atom. The van der Waals surface area contributed by atoms with Crippen molar-refractivity contribution in [3.05, 3.63) is 23.7 Å². The molecule has 0 spiro atoms. The normalized spacial score (nSPS) is 21.5. The molecular formula is C11H17NO. The fourth-order valence-corrected chi connectivity index (χ4v) is 1.47. The molecule has 0 radical (unpaired) electrons. The van der Waals surface area contributed by atoms with E-state index in [2.05, 4.69) is 19.9 Å². The number of nitrogens with two attached hydrogens (primary N) is 1. The number of rotatable bonds is 3. The predicted octanol–water partition coefficient (Wildman–Crippen LogP) is 2.74. The highest BCUT2D eigenvalue weighted by atomic mass is 16.3. The standard InChI is InChI=1S/C11H17NO/c1-3-8(2)9-4-5-10(13-9)11(12)6-7-11/h4-5,8H,3,6-7,12H2,1-2H3. The van der Waals surface area contributed by atoms with Crippen LogP contribution in [-0.4, -0.2) is 0 Å². The van der Waals surface area contributed by atoms with Gasteiger partial charge in [-0.15, -0.1) is 0 Å². The van der Waals surface area contributed by atoms with Gasteiger partial charge in [0, 0.05) is 5.92 Å². The van der Waals surface area contributed by atoms with Crippen LogP contribution in [0.15, 0.2) is 16.5 Å². The monoisotopic (exact) mass is 179 g/mol. The Balaban J connectivity index is 2.18. The summed E-state index contributed by atoms with van der Waals surface area (Å²) in [6.45, 7) is 4.35. The molecule has 0 bridgehead atoms. The first-order valence-corrected chi connectivity index (χ1v) is 5.05. The third kappa shape index (κ3) is 1.51. The van der Waals surface area contributed by atoms with E-state index in [0.717, 1.165) is 30.8 Å². The van der Waals surface area contributed by atoms with Crippen LogP contribution in [0.25, 0.3) is 0 Å². The first-order chi connectivity index (χ1) is 6.15. The molecule has 2 heteroatoms. The molecule has 1 unspecified atom stereocenters. The van der Waals surface area contributed by atoms with Crippen molar-refractivity contribution < 1.29 is 4.42 Å². The van der Waals surface area contributed by atoms with Gasteiger partial charge in [0.05, 0.1) is 5.54 Å². The summed E-state index contributed by atoms with van der Waals surface area (Å²) in [7, 11) is 0. The van der Waals surface area contributed by atoms with Gasteiger partial charge in [0.2, 0.25) is 0 Å². The Hall–Kier alpha value is -0.760. The Kier molecular flexibility index (Phi) is 1.95. The van der Waals surface area contributed by atoms with Crippen molar-refractivity contribution in [2.45, 2.75) is 44.6 Å². The molecule has 1 atom stereocenters. The van der Waals surface area contributed by atoms with Crippen LogP contribution in [0.1, 0.15) is 50.5 Å². The molecule has 1 heterocycles. The van der Waals surface area contributed by atoms with E-state index in [1.165, 1.54) is 0 Å². The van der Waals surface area contributed by atoms with Crippen molar-refractivity contribution in [3.63, 3.8) is 0 Å². The van der Waals surface area contributed by atoms with Crippen LogP contribution in [0.5, 0.6) is 0 Å². The first-order valence-electron chi connectivity index (χ1n) is 5.05. The van der Waals surface area contributed by atoms with Gasteiger partial charge in [0.15, 0.2) is 0 Å². The summed E-state index contributed by atoms with van der Waals surface area (Å²) in [6, 6.07) is 4.10. The minimum atomic E-state index is -0.119. The van der Waals surface area contributed by atoms with Gasteiger partial charge in [-0.3, -0.25) is 0 Å². The number of furan rings is 1. The van der Waals surface area contributed by atoms with Gasteiger partial charge in [-0.2, -0.15) is 0 Å². The van der Waals surface area contributed by atoms with Gasteiger partial charge in [0.25, 0.3) is 0 Å². The Bertz CT molecular complexity index is 299. The molecule has 72 valence electrons. The van der Waals surface area contributed by atoms with Gasteiger partial charge >= 0.3 is 0 Å². The molecule has 1 aromatic heterocycles. The summed E-state index contributed by atoms with van der Waals surface area (Å²) in [5.74, 6) is 2.56. The molecule has 0 amide bonds. The molecule has 13 heavy (non-hydrogen) atoms. The molecule has 1 aliphatic rings. The number of hydrogen-bond acceptors (Lipinski definition) is 2. The van der Waals surface area contributed by atoms with E-state index >= 15 is 0 Å². The second-order valence-corrected chi connectivity index (χ2v) is 4.17. The Morgan fingerprint density at radius 3 is 2.77 bits per heavy atom. The summed E-state index contributed by atoms with van der Waals surface area (Å²) in [5, 5.41) is 0. The Morgan fingerprint density at radius 2 is 2.23 bits per heavy atom. The van der Waals surface area contributed by atoms with Crippen LogP contribution < -0.4 is 5.73 Å².